The van der Waals surface area contributed by atoms with Crippen LogP contribution in [-0.2, 0) is 0 Å². The summed E-state index contributed by atoms with van der Waals surface area (Å²) in [5, 5.41) is 2.28. The van der Waals surface area contributed by atoms with E-state index >= 15 is 0 Å². The molecule has 5 heteroatoms. The summed E-state index contributed by atoms with van der Waals surface area (Å²) in [6.07, 6.45) is 9.04. The molecule has 1 heterocycles. The zero-order chi connectivity index (χ0) is 21.3. The van der Waals surface area contributed by atoms with E-state index in [1.807, 2.05) is 12.1 Å². The number of methoxy groups -OCH3 is 1. The second kappa shape index (κ2) is 8.14. The summed E-state index contributed by atoms with van der Waals surface area (Å²) in [6.45, 7) is 2.35. The van der Waals surface area contributed by atoms with Crippen LogP contribution in [0.4, 0.5) is 11.4 Å². The molecule has 1 radical (unpaired) electrons. The number of hydrogen-bond donors (Lipinski definition) is 1. The second-order valence-electron chi connectivity index (χ2n) is 8.66. The molecule has 2 N–H and O–H groups in total. The summed E-state index contributed by atoms with van der Waals surface area (Å²) in [7, 11) is 3.94. The van der Waals surface area contributed by atoms with Crippen molar-refractivity contribution in [3.63, 3.8) is 0 Å². The van der Waals surface area contributed by atoms with Crippen molar-refractivity contribution in [2.75, 3.05) is 25.1 Å². The van der Waals surface area contributed by atoms with Gasteiger partial charge in [-0.2, -0.15) is 0 Å². The maximum absolute atomic E-state index is 5.66. The monoisotopic (exact) mass is 408 g/mol. The molecule has 0 bridgehead atoms. The molecule has 1 aliphatic heterocycles. The van der Waals surface area contributed by atoms with Gasteiger partial charge in [-0.1, -0.05) is 35.8 Å². The van der Waals surface area contributed by atoms with E-state index in [0.29, 0.717) is 5.41 Å². The van der Waals surface area contributed by atoms with Gasteiger partial charge in [-0.3, -0.25) is 4.99 Å². The molecule has 1 aliphatic carbocycles. The summed E-state index contributed by atoms with van der Waals surface area (Å²) in [5.74, 6) is 0.899. The summed E-state index contributed by atoms with van der Waals surface area (Å²) < 4.78 is 5.66. The minimum atomic E-state index is 0.613. The Morgan fingerprint density at radius 1 is 1.10 bits per heavy atom. The number of anilines is 1. The van der Waals surface area contributed by atoms with E-state index in [9.17, 15) is 0 Å². The van der Waals surface area contributed by atoms with Crippen LogP contribution in [0.25, 0.3) is 10.8 Å². The predicted molar refractivity (Wildman–Crippen MR) is 132 cm³/mol. The van der Waals surface area contributed by atoms with Gasteiger partial charge < -0.3 is 15.4 Å². The zero-order valence-electron chi connectivity index (χ0n) is 17.9. The highest BCUT2D eigenvalue weighted by Gasteiger charge is 2.47. The van der Waals surface area contributed by atoms with Gasteiger partial charge in [-0.25, -0.2) is 0 Å². The third kappa shape index (κ3) is 4.05. The molecule has 3 aromatic rings. The first-order chi connectivity index (χ1) is 15.2. The Hall–Kier alpha value is -3.21. The first-order valence-corrected chi connectivity index (χ1v) is 10.9. The molecule has 0 aromatic heterocycles. The van der Waals surface area contributed by atoms with Gasteiger partial charge in [0.15, 0.2) is 7.28 Å². The van der Waals surface area contributed by atoms with Gasteiger partial charge in [0.05, 0.1) is 12.8 Å². The summed E-state index contributed by atoms with van der Waals surface area (Å²) in [5.41, 5.74) is 10.5. The quantitative estimate of drug-likeness (QED) is 0.500. The van der Waals surface area contributed by atoms with Crippen molar-refractivity contribution in [2.45, 2.75) is 19.3 Å². The largest absolute Gasteiger partial charge is 0.497 e. The number of fused-ring (bicyclic) bond motifs is 1. The molecule has 4 nitrogen and oxygen atoms in total. The van der Waals surface area contributed by atoms with Crippen LogP contribution >= 0.6 is 0 Å². The molecule has 5 rings (SSSR count). The Kier molecular flexibility index (Phi) is 5.18. The number of allylic oxidation sites excluding steroid dienone is 1. The lowest BCUT2D eigenvalue weighted by Gasteiger charge is -2.21. The summed E-state index contributed by atoms with van der Waals surface area (Å²) in [4.78, 5) is 7.04. The molecule has 2 aliphatic rings. The molecular weight excluding hydrogens is 381 g/mol. The first kappa shape index (κ1) is 19.7. The number of benzene rings is 3. The van der Waals surface area contributed by atoms with Crippen LogP contribution in [0.3, 0.4) is 0 Å². The van der Waals surface area contributed by atoms with Gasteiger partial charge >= 0.3 is 0 Å². The fourth-order valence-corrected chi connectivity index (χ4v) is 4.61. The standard InChI is InChI=1S/C26H27BN3O/c1-31-25-9-7-21(30-15-12-26(18-30)10-11-26)17-23(25)27-20-6-8-22-19(16-20)4-2-5-24(22)29-14-3-13-28/h2-9,13-14,16-17H,10-12,15,18,28H2,1H3/b13-3-,29-14?. The molecule has 3 aromatic carbocycles. The van der Waals surface area contributed by atoms with E-state index in [1.165, 1.54) is 37.7 Å². The zero-order valence-corrected chi connectivity index (χ0v) is 17.9. The lowest BCUT2D eigenvalue weighted by Crippen LogP contribution is -2.30. The Morgan fingerprint density at radius 2 is 2.00 bits per heavy atom. The van der Waals surface area contributed by atoms with E-state index < -0.39 is 0 Å². The number of nitrogens with two attached hydrogens (primary N) is 1. The molecule has 1 spiro atoms. The van der Waals surface area contributed by atoms with E-state index in [1.54, 1.807) is 19.4 Å². The average Bonchev–Trinajstić information content (AvgIpc) is 3.42. The Labute approximate surface area is 184 Å². The van der Waals surface area contributed by atoms with Crippen LogP contribution < -0.4 is 26.3 Å². The molecular formula is C26H27BN3O. The van der Waals surface area contributed by atoms with Crippen molar-refractivity contribution in [1.29, 1.82) is 0 Å². The first-order valence-electron chi connectivity index (χ1n) is 10.9. The third-order valence-electron chi connectivity index (χ3n) is 6.59. The maximum atomic E-state index is 5.66. The van der Waals surface area contributed by atoms with Crippen LogP contribution in [0.2, 0.25) is 0 Å². The Morgan fingerprint density at radius 3 is 2.77 bits per heavy atom. The van der Waals surface area contributed by atoms with Crippen molar-refractivity contribution in [3.8, 4) is 5.75 Å². The number of aliphatic imine (C=N–C) groups is 1. The highest BCUT2D eigenvalue weighted by Crippen LogP contribution is 2.53. The van der Waals surface area contributed by atoms with Crippen molar-refractivity contribution >= 4 is 46.6 Å². The van der Waals surface area contributed by atoms with Crippen LogP contribution in [0.5, 0.6) is 5.75 Å². The van der Waals surface area contributed by atoms with Gasteiger partial charge in [-0.05, 0) is 72.1 Å². The van der Waals surface area contributed by atoms with Crippen molar-refractivity contribution in [1.82, 2.24) is 0 Å². The molecule has 31 heavy (non-hydrogen) atoms. The Balaban J connectivity index is 1.42. The summed E-state index contributed by atoms with van der Waals surface area (Å²) >= 11 is 0. The molecule has 155 valence electrons. The predicted octanol–water partition coefficient (Wildman–Crippen LogP) is 3.67. The number of hydrogen-bond acceptors (Lipinski definition) is 4. The molecule has 1 saturated heterocycles. The topological polar surface area (TPSA) is 50.8 Å². The fourth-order valence-electron chi connectivity index (χ4n) is 4.61. The fraction of sp³-hybridized carbons (Fsp3) is 0.269. The maximum Gasteiger partial charge on any atom is 0.196 e. The Bertz CT molecular complexity index is 1170. The van der Waals surface area contributed by atoms with Gasteiger partial charge in [0.25, 0.3) is 0 Å². The number of nitrogens with zero attached hydrogens (tertiary/aromatic N) is 2. The second-order valence-corrected chi connectivity index (χ2v) is 8.66. The van der Waals surface area contributed by atoms with Crippen LogP contribution in [0.15, 0.2) is 71.9 Å². The van der Waals surface area contributed by atoms with Gasteiger partial charge in [0, 0.05) is 30.4 Å². The highest BCUT2D eigenvalue weighted by atomic mass is 16.5. The van der Waals surface area contributed by atoms with Gasteiger partial charge in [0.2, 0.25) is 0 Å². The third-order valence-corrected chi connectivity index (χ3v) is 6.59. The van der Waals surface area contributed by atoms with Crippen molar-refractivity contribution < 1.29 is 4.74 Å². The van der Waals surface area contributed by atoms with E-state index in [0.717, 1.165) is 39.7 Å². The molecule has 2 fully saturated rings. The normalized spacial score (nSPS) is 17.3. The van der Waals surface area contributed by atoms with Crippen LogP contribution in [0.1, 0.15) is 19.3 Å². The van der Waals surface area contributed by atoms with Crippen molar-refractivity contribution in [2.24, 2.45) is 16.1 Å². The number of rotatable bonds is 6. The lowest BCUT2D eigenvalue weighted by molar-refractivity contribution is 0.418. The van der Waals surface area contributed by atoms with E-state index in [4.69, 9.17) is 10.5 Å². The number of ether oxygens (including phenoxy) is 1. The van der Waals surface area contributed by atoms with Crippen molar-refractivity contribution in [3.05, 3.63) is 66.9 Å². The molecule has 0 atom stereocenters. The summed E-state index contributed by atoms with van der Waals surface area (Å²) in [6, 6.07) is 19.2. The van der Waals surface area contributed by atoms with Gasteiger partial charge in [-0.15, -0.1) is 0 Å². The lowest BCUT2D eigenvalue weighted by atomic mass is 9.63. The minimum Gasteiger partial charge on any atom is -0.497 e. The average molecular weight is 408 g/mol. The van der Waals surface area contributed by atoms with E-state index in [-0.39, 0.29) is 0 Å². The SMILES string of the molecule is COc1ccc(N2CCC3(CC3)C2)cc1[B]c1ccc2c(N=C/C=C\N)cccc2c1. The molecule has 1 saturated carbocycles. The van der Waals surface area contributed by atoms with Gasteiger partial charge in [0.1, 0.15) is 5.75 Å². The smallest absolute Gasteiger partial charge is 0.196 e. The van der Waals surface area contributed by atoms with E-state index in [2.05, 4.69) is 59.6 Å². The molecule has 0 unspecified atom stereocenters. The van der Waals surface area contributed by atoms with Crippen LogP contribution in [-0.4, -0.2) is 33.7 Å². The minimum absolute atomic E-state index is 0.613. The molecule has 0 amide bonds. The van der Waals surface area contributed by atoms with Crippen LogP contribution in [0, 0.1) is 5.41 Å². The highest BCUT2D eigenvalue weighted by molar-refractivity contribution is 6.68.